The number of carboxylic acid groups (broad SMARTS) is 1. The lowest BCUT2D eigenvalue weighted by atomic mass is 9.93. The number of carbonyl (C=O) groups excluding carboxylic acids is 2. The normalized spacial score (nSPS) is 10.9. The third-order valence-electron chi connectivity index (χ3n) is 3.15. The van der Waals surface area contributed by atoms with Crippen LogP contribution in [0.15, 0.2) is 17.5 Å². The van der Waals surface area contributed by atoms with Crippen LogP contribution in [0.3, 0.4) is 0 Å². The van der Waals surface area contributed by atoms with Gasteiger partial charge in [0, 0.05) is 0 Å². The number of carboxylic acids is 1. The van der Waals surface area contributed by atoms with Gasteiger partial charge < -0.3 is 15.7 Å². The predicted octanol–water partition coefficient (Wildman–Crippen LogP) is 1.24. The largest absolute Gasteiger partial charge is 0.480 e. The number of amides is 2. The maximum atomic E-state index is 11.8. The van der Waals surface area contributed by atoms with E-state index in [4.69, 9.17) is 0 Å². The Hall–Kier alpha value is -1.89. The van der Waals surface area contributed by atoms with Gasteiger partial charge in [-0.2, -0.15) is 0 Å². The molecule has 0 aliphatic carbocycles. The van der Waals surface area contributed by atoms with Gasteiger partial charge in [-0.3, -0.25) is 9.59 Å². The zero-order valence-corrected chi connectivity index (χ0v) is 12.3. The Bertz CT molecular complexity index is 481. The molecule has 1 heterocycles. The van der Waals surface area contributed by atoms with Crippen LogP contribution in [0.5, 0.6) is 0 Å². The van der Waals surface area contributed by atoms with E-state index in [9.17, 15) is 19.5 Å². The van der Waals surface area contributed by atoms with Crippen LogP contribution in [0.1, 0.15) is 36.4 Å². The topological polar surface area (TPSA) is 95.5 Å². The van der Waals surface area contributed by atoms with Crippen LogP contribution in [0.25, 0.3) is 0 Å². The van der Waals surface area contributed by atoms with Crippen LogP contribution in [0, 0.1) is 0 Å². The van der Waals surface area contributed by atoms with Gasteiger partial charge in [-0.15, -0.1) is 11.3 Å². The number of thiophene rings is 1. The average molecular weight is 298 g/mol. The SMILES string of the molecule is CCC(CC)(NC(=O)CNC(=O)c1cccs1)C(=O)O. The van der Waals surface area contributed by atoms with Gasteiger partial charge >= 0.3 is 5.97 Å². The molecule has 0 aromatic carbocycles. The van der Waals surface area contributed by atoms with E-state index in [0.717, 1.165) is 0 Å². The molecule has 1 aromatic heterocycles. The van der Waals surface area contributed by atoms with Gasteiger partial charge in [0.15, 0.2) is 0 Å². The first-order valence-electron chi connectivity index (χ1n) is 6.31. The fourth-order valence-electron chi connectivity index (χ4n) is 1.75. The molecule has 0 aliphatic rings. The summed E-state index contributed by atoms with van der Waals surface area (Å²) in [6, 6.07) is 3.39. The molecule has 1 aromatic rings. The number of hydrogen-bond acceptors (Lipinski definition) is 4. The maximum absolute atomic E-state index is 11.8. The second-order valence-electron chi connectivity index (χ2n) is 4.30. The van der Waals surface area contributed by atoms with E-state index in [0.29, 0.717) is 4.88 Å². The van der Waals surface area contributed by atoms with Crippen LogP contribution in [-0.2, 0) is 9.59 Å². The first-order valence-corrected chi connectivity index (χ1v) is 7.19. The molecule has 0 fully saturated rings. The summed E-state index contributed by atoms with van der Waals surface area (Å²) in [7, 11) is 0. The van der Waals surface area contributed by atoms with Crippen molar-refractivity contribution >= 4 is 29.1 Å². The van der Waals surface area contributed by atoms with E-state index in [2.05, 4.69) is 10.6 Å². The number of hydrogen-bond donors (Lipinski definition) is 3. The number of rotatable bonds is 7. The summed E-state index contributed by atoms with van der Waals surface area (Å²) in [6.45, 7) is 3.15. The zero-order chi connectivity index (χ0) is 15.2. The summed E-state index contributed by atoms with van der Waals surface area (Å²) in [6.07, 6.45) is 0.562. The smallest absolute Gasteiger partial charge is 0.329 e. The minimum absolute atomic E-state index is 0.244. The minimum atomic E-state index is -1.27. The molecule has 0 atom stereocenters. The van der Waals surface area contributed by atoms with Gasteiger partial charge in [-0.05, 0) is 24.3 Å². The van der Waals surface area contributed by atoms with Gasteiger partial charge in [0.2, 0.25) is 5.91 Å². The molecule has 6 nitrogen and oxygen atoms in total. The van der Waals surface area contributed by atoms with Crippen LogP contribution in [0.4, 0.5) is 0 Å². The van der Waals surface area contributed by atoms with Crippen molar-refractivity contribution in [2.45, 2.75) is 32.2 Å². The van der Waals surface area contributed by atoms with E-state index < -0.39 is 17.4 Å². The molecule has 0 saturated carbocycles. The van der Waals surface area contributed by atoms with E-state index >= 15 is 0 Å². The number of carbonyl (C=O) groups is 3. The van der Waals surface area contributed by atoms with Crippen molar-refractivity contribution in [3.05, 3.63) is 22.4 Å². The van der Waals surface area contributed by atoms with Crippen molar-refractivity contribution in [1.29, 1.82) is 0 Å². The lowest BCUT2D eigenvalue weighted by Gasteiger charge is -2.28. The Labute approximate surface area is 121 Å². The Morgan fingerprint density at radius 1 is 1.30 bits per heavy atom. The van der Waals surface area contributed by atoms with Gasteiger partial charge in [0.1, 0.15) is 5.54 Å². The Kier molecular flexibility index (Phi) is 5.69. The van der Waals surface area contributed by atoms with Crippen molar-refractivity contribution in [2.75, 3.05) is 6.54 Å². The summed E-state index contributed by atoms with van der Waals surface area (Å²) in [4.78, 5) is 35.2. The number of aliphatic carboxylic acids is 1. The molecule has 0 saturated heterocycles. The third-order valence-corrected chi connectivity index (χ3v) is 4.02. The Morgan fingerprint density at radius 3 is 2.40 bits per heavy atom. The van der Waals surface area contributed by atoms with Gasteiger partial charge in [0.05, 0.1) is 11.4 Å². The number of nitrogens with one attached hydrogen (secondary N) is 2. The highest BCUT2D eigenvalue weighted by molar-refractivity contribution is 7.12. The fraction of sp³-hybridized carbons (Fsp3) is 0.462. The Balaban J connectivity index is 2.55. The van der Waals surface area contributed by atoms with E-state index in [-0.39, 0.29) is 25.3 Å². The highest BCUT2D eigenvalue weighted by atomic mass is 32.1. The van der Waals surface area contributed by atoms with Gasteiger partial charge in [-0.25, -0.2) is 4.79 Å². The minimum Gasteiger partial charge on any atom is -0.480 e. The van der Waals surface area contributed by atoms with Crippen molar-refractivity contribution in [1.82, 2.24) is 10.6 Å². The summed E-state index contributed by atoms with van der Waals surface area (Å²) < 4.78 is 0. The van der Waals surface area contributed by atoms with Gasteiger partial charge in [-0.1, -0.05) is 19.9 Å². The fourth-order valence-corrected chi connectivity index (χ4v) is 2.39. The molecule has 2 amide bonds. The highest BCUT2D eigenvalue weighted by Crippen LogP contribution is 2.15. The van der Waals surface area contributed by atoms with Crippen LogP contribution < -0.4 is 10.6 Å². The molecule has 110 valence electrons. The summed E-state index contributed by atoms with van der Waals surface area (Å²) >= 11 is 1.27. The van der Waals surface area contributed by atoms with Crippen LogP contribution >= 0.6 is 11.3 Å². The van der Waals surface area contributed by atoms with Crippen molar-refractivity contribution in [3.63, 3.8) is 0 Å². The lowest BCUT2D eigenvalue weighted by Crippen LogP contribution is -2.55. The summed E-state index contributed by atoms with van der Waals surface area (Å²) in [5, 5.41) is 15.9. The second kappa shape index (κ2) is 7.04. The maximum Gasteiger partial charge on any atom is 0.329 e. The molecule has 0 radical (unpaired) electrons. The van der Waals surface area contributed by atoms with E-state index in [1.807, 2.05) is 0 Å². The van der Waals surface area contributed by atoms with Crippen molar-refractivity contribution in [3.8, 4) is 0 Å². The molecule has 7 heteroatoms. The molecular formula is C13H18N2O4S. The molecule has 0 unspecified atom stereocenters. The summed E-state index contributed by atoms with van der Waals surface area (Å²) in [5.74, 6) is -1.93. The third kappa shape index (κ3) is 3.80. The second-order valence-corrected chi connectivity index (χ2v) is 5.25. The molecule has 0 aliphatic heterocycles. The van der Waals surface area contributed by atoms with Crippen molar-refractivity contribution < 1.29 is 19.5 Å². The van der Waals surface area contributed by atoms with Gasteiger partial charge in [0.25, 0.3) is 5.91 Å². The molecule has 3 N–H and O–H groups in total. The average Bonchev–Trinajstić information content (AvgIpc) is 2.96. The molecule has 1 rings (SSSR count). The highest BCUT2D eigenvalue weighted by Gasteiger charge is 2.36. The molecule has 0 bridgehead atoms. The van der Waals surface area contributed by atoms with E-state index in [1.165, 1.54) is 11.3 Å². The van der Waals surface area contributed by atoms with Crippen LogP contribution in [-0.4, -0.2) is 35.0 Å². The van der Waals surface area contributed by atoms with E-state index in [1.54, 1.807) is 31.4 Å². The molecule has 0 spiro atoms. The summed E-state index contributed by atoms with van der Waals surface area (Å²) in [5.41, 5.74) is -1.27. The molecule has 20 heavy (non-hydrogen) atoms. The van der Waals surface area contributed by atoms with Crippen molar-refractivity contribution in [2.24, 2.45) is 0 Å². The molecular weight excluding hydrogens is 280 g/mol. The predicted molar refractivity (Wildman–Crippen MR) is 75.7 cm³/mol. The lowest BCUT2D eigenvalue weighted by molar-refractivity contribution is -0.147. The quantitative estimate of drug-likeness (QED) is 0.705. The first-order chi connectivity index (χ1) is 9.45. The Morgan fingerprint density at radius 2 is 1.95 bits per heavy atom. The zero-order valence-electron chi connectivity index (χ0n) is 11.4. The first kappa shape index (κ1) is 16.2. The monoisotopic (exact) mass is 298 g/mol. The standard InChI is InChI=1S/C13H18N2O4S/c1-3-13(4-2,12(18)19)15-10(16)8-14-11(17)9-6-5-7-20-9/h5-7H,3-4,8H2,1-2H3,(H,14,17)(H,15,16)(H,18,19). The van der Waals surface area contributed by atoms with Crippen LogP contribution in [0.2, 0.25) is 0 Å².